The van der Waals surface area contributed by atoms with Gasteiger partial charge in [0.2, 0.25) is 5.91 Å². The number of oxazole rings is 1. The van der Waals surface area contributed by atoms with Gasteiger partial charge in [-0.1, -0.05) is 30.0 Å². The van der Waals surface area contributed by atoms with E-state index in [9.17, 15) is 4.79 Å². The number of para-hydroxylation sites is 2. The molecule has 1 amide bonds. The van der Waals surface area contributed by atoms with E-state index in [4.69, 9.17) is 16.6 Å². The van der Waals surface area contributed by atoms with Crippen LogP contribution in [0.1, 0.15) is 0 Å². The quantitative estimate of drug-likeness (QED) is 0.501. The zero-order valence-electron chi connectivity index (χ0n) is 10.6. The lowest BCUT2D eigenvalue weighted by atomic mass is 10.3. The van der Waals surface area contributed by atoms with Crippen molar-refractivity contribution in [2.24, 2.45) is 0 Å². The zero-order chi connectivity index (χ0) is 14.4. The van der Waals surface area contributed by atoms with E-state index in [2.05, 4.69) is 22.2 Å². The molecular weight excluding hydrogens is 294 g/mol. The highest BCUT2D eigenvalue weighted by Crippen LogP contribution is 2.22. The number of thioether (sulfide) groups is 1. The Bertz CT molecular complexity index is 606. The summed E-state index contributed by atoms with van der Waals surface area (Å²) in [7, 11) is 0. The molecule has 2 N–H and O–H groups in total. The number of carbonyl (C=O) groups is 1. The maximum Gasteiger partial charge on any atom is 0.257 e. The monoisotopic (exact) mass is 307 g/mol. The average Bonchev–Trinajstić information content (AvgIpc) is 2.85. The molecule has 0 fully saturated rings. The molecule has 0 unspecified atom stereocenters. The molecule has 0 spiro atoms. The summed E-state index contributed by atoms with van der Waals surface area (Å²) in [4.78, 5) is 15.9. The summed E-state index contributed by atoms with van der Waals surface area (Å²) < 4.78 is 5.50. The third-order valence-electron chi connectivity index (χ3n) is 2.26. The van der Waals surface area contributed by atoms with Gasteiger partial charge in [-0.3, -0.25) is 4.79 Å². The maximum absolute atomic E-state index is 11.7. The molecule has 1 heterocycles. The highest BCUT2D eigenvalue weighted by molar-refractivity contribution is 7.99. The van der Waals surface area contributed by atoms with E-state index in [1.54, 1.807) is 6.08 Å². The Kier molecular flexibility index (Phi) is 5.14. The fourth-order valence-electron chi connectivity index (χ4n) is 1.41. The first-order valence-electron chi connectivity index (χ1n) is 5.86. The van der Waals surface area contributed by atoms with E-state index in [1.807, 2.05) is 24.3 Å². The zero-order valence-corrected chi connectivity index (χ0v) is 12.2. The van der Waals surface area contributed by atoms with Gasteiger partial charge in [-0.2, -0.15) is 0 Å². The third kappa shape index (κ3) is 4.07. The summed E-state index contributed by atoms with van der Waals surface area (Å²) in [5.41, 5.74) is 1.48. The van der Waals surface area contributed by atoms with Gasteiger partial charge in [0.05, 0.1) is 5.75 Å². The van der Waals surface area contributed by atoms with Gasteiger partial charge in [0.1, 0.15) is 5.52 Å². The van der Waals surface area contributed by atoms with Gasteiger partial charge >= 0.3 is 0 Å². The Labute approximate surface area is 125 Å². The summed E-state index contributed by atoms with van der Waals surface area (Å²) in [5.74, 6) is -0.0262. The standard InChI is InChI=1S/C13H13N3O2S2/c1-2-7-14-12(19)16-11(17)8-20-13-15-9-5-3-4-6-10(9)18-13/h2-6H,1,7-8H2,(H2,14,16,17,19). The highest BCUT2D eigenvalue weighted by atomic mass is 32.2. The van der Waals surface area contributed by atoms with Crippen molar-refractivity contribution in [2.45, 2.75) is 5.22 Å². The van der Waals surface area contributed by atoms with Gasteiger partial charge in [-0.05, 0) is 24.4 Å². The van der Waals surface area contributed by atoms with Gasteiger partial charge in [-0.25, -0.2) is 4.98 Å². The molecular formula is C13H13N3O2S2. The Hall–Kier alpha value is -1.86. The largest absolute Gasteiger partial charge is 0.431 e. The molecule has 0 atom stereocenters. The second-order valence-corrected chi connectivity index (χ2v) is 5.12. The van der Waals surface area contributed by atoms with Crippen LogP contribution in [0.2, 0.25) is 0 Å². The van der Waals surface area contributed by atoms with Crippen molar-refractivity contribution in [1.29, 1.82) is 0 Å². The summed E-state index contributed by atoms with van der Waals surface area (Å²) in [6.45, 7) is 4.06. The van der Waals surface area contributed by atoms with E-state index in [1.165, 1.54) is 11.8 Å². The van der Waals surface area contributed by atoms with E-state index >= 15 is 0 Å². The molecule has 1 aromatic heterocycles. The van der Waals surface area contributed by atoms with Gasteiger partial charge in [0.15, 0.2) is 10.7 Å². The van der Waals surface area contributed by atoms with E-state index < -0.39 is 0 Å². The minimum Gasteiger partial charge on any atom is -0.431 e. The number of amides is 1. The van der Waals surface area contributed by atoms with Crippen LogP contribution in [0.15, 0.2) is 46.6 Å². The summed E-state index contributed by atoms with van der Waals surface area (Å²) in [5, 5.41) is 6.13. The van der Waals surface area contributed by atoms with Crippen molar-refractivity contribution >= 4 is 46.1 Å². The Morgan fingerprint density at radius 3 is 3.05 bits per heavy atom. The molecule has 20 heavy (non-hydrogen) atoms. The van der Waals surface area contributed by atoms with Crippen LogP contribution in [0.5, 0.6) is 0 Å². The minimum atomic E-state index is -0.209. The van der Waals surface area contributed by atoms with E-state index in [-0.39, 0.29) is 16.8 Å². The van der Waals surface area contributed by atoms with Crippen LogP contribution in [0.3, 0.4) is 0 Å². The highest BCUT2D eigenvalue weighted by Gasteiger charge is 2.09. The van der Waals surface area contributed by atoms with Gasteiger partial charge in [0.25, 0.3) is 5.22 Å². The molecule has 2 aromatic rings. The molecule has 2 rings (SSSR count). The predicted molar refractivity (Wildman–Crippen MR) is 83.7 cm³/mol. The second-order valence-electron chi connectivity index (χ2n) is 3.78. The maximum atomic E-state index is 11.7. The number of fused-ring (bicyclic) bond motifs is 1. The molecule has 0 radical (unpaired) electrons. The van der Waals surface area contributed by atoms with Crippen molar-refractivity contribution in [1.82, 2.24) is 15.6 Å². The molecule has 104 valence electrons. The van der Waals surface area contributed by atoms with Crippen LogP contribution in [0.25, 0.3) is 11.1 Å². The Balaban J connectivity index is 1.83. The smallest absolute Gasteiger partial charge is 0.257 e. The lowest BCUT2D eigenvalue weighted by Crippen LogP contribution is -2.40. The van der Waals surface area contributed by atoms with Crippen LogP contribution in [-0.2, 0) is 4.79 Å². The van der Waals surface area contributed by atoms with Crippen LogP contribution < -0.4 is 10.6 Å². The second kappa shape index (κ2) is 7.06. The van der Waals surface area contributed by atoms with Crippen LogP contribution in [0, 0.1) is 0 Å². The summed E-state index contributed by atoms with van der Waals surface area (Å²) >= 11 is 6.16. The molecule has 0 bridgehead atoms. The summed E-state index contributed by atoms with van der Waals surface area (Å²) in [6, 6.07) is 7.45. The Morgan fingerprint density at radius 1 is 1.50 bits per heavy atom. The van der Waals surface area contributed by atoms with Crippen molar-refractivity contribution in [3.05, 3.63) is 36.9 Å². The topological polar surface area (TPSA) is 67.2 Å². The number of hydrogen-bond donors (Lipinski definition) is 2. The number of benzene rings is 1. The summed E-state index contributed by atoms with van der Waals surface area (Å²) in [6.07, 6.45) is 1.66. The van der Waals surface area contributed by atoms with Crippen LogP contribution in [-0.4, -0.2) is 28.3 Å². The van der Waals surface area contributed by atoms with Crippen molar-refractivity contribution in [3.8, 4) is 0 Å². The minimum absolute atomic E-state index is 0.183. The van der Waals surface area contributed by atoms with Gasteiger partial charge in [-0.15, -0.1) is 6.58 Å². The third-order valence-corrected chi connectivity index (χ3v) is 3.34. The van der Waals surface area contributed by atoms with Crippen molar-refractivity contribution in [3.63, 3.8) is 0 Å². The predicted octanol–water partition coefficient (Wildman–Crippen LogP) is 2.10. The number of hydrogen-bond acceptors (Lipinski definition) is 5. The first-order valence-corrected chi connectivity index (χ1v) is 7.25. The molecule has 0 saturated carbocycles. The number of aromatic nitrogens is 1. The van der Waals surface area contributed by atoms with E-state index in [0.717, 1.165) is 5.52 Å². The van der Waals surface area contributed by atoms with Crippen molar-refractivity contribution in [2.75, 3.05) is 12.3 Å². The van der Waals surface area contributed by atoms with Crippen LogP contribution in [0.4, 0.5) is 0 Å². The molecule has 1 aromatic carbocycles. The average molecular weight is 307 g/mol. The van der Waals surface area contributed by atoms with Gasteiger partial charge < -0.3 is 15.1 Å². The fourth-order valence-corrected chi connectivity index (χ4v) is 2.25. The lowest BCUT2D eigenvalue weighted by Gasteiger charge is -2.06. The number of nitrogens with one attached hydrogen (secondary N) is 2. The molecule has 0 aliphatic heterocycles. The number of rotatable bonds is 5. The van der Waals surface area contributed by atoms with E-state index in [0.29, 0.717) is 17.4 Å². The normalized spacial score (nSPS) is 10.2. The lowest BCUT2D eigenvalue weighted by molar-refractivity contribution is -0.117. The first kappa shape index (κ1) is 14.5. The Morgan fingerprint density at radius 2 is 2.30 bits per heavy atom. The van der Waals surface area contributed by atoms with Crippen molar-refractivity contribution < 1.29 is 9.21 Å². The fraction of sp³-hybridized carbons (Fsp3) is 0.154. The molecule has 0 saturated heterocycles. The van der Waals surface area contributed by atoms with Crippen LogP contribution >= 0.6 is 24.0 Å². The number of thiocarbonyl (C=S) groups is 1. The molecule has 0 aliphatic carbocycles. The molecule has 5 nitrogen and oxygen atoms in total. The SMILES string of the molecule is C=CCNC(=S)NC(=O)CSc1nc2ccccc2o1. The van der Waals surface area contributed by atoms with Gasteiger partial charge in [0, 0.05) is 6.54 Å². The first-order chi connectivity index (χ1) is 9.69. The molecule has 0 aliphatic rings. The number of nitrogens with zero attached hydrogens (tertiary/aromatic N) is 1. The molecule has 7 heteroatoms. The number of carbonyl (C=O) groups excluding carboxylic acids is 1.